The van der Waals surface area contributed by atoms with E-state index >= 15 is 0 Å². The number of carbonyl (C=O) groups is 1. The van der Waals surface area contributed by atoms with Gasteiger partial charge in [0.25, 0.3) is 0 Å². The van der Waals surface area contributed by atoms with Crippen LogP contribution in [0, 0.1) is 22.7 Å². The van der Waals surface area contributed by atoms with Crippen molar-refractivity contribution >= 4 is 5.97 Å². The van der Waals surface area contributed by atoms with Crippen molar-refractivity contribution in [2.24, 2.45) is 11.3 Å². The average molecular weight is 208 g/mol. The van der Waals surface area contributed by atoms with Crippen molar-refractivity contribution in [2.45, 2.75) is 32.2 Å². The molecule has 82 valence electrons. The predicted molar refractivity (Wildman–Crippen MR) is 54.1 cm³/mol. The molecular weight excluding hydrogens is 192 g/mol. The second-order valence-electron chi connectivity index (χ2n) is 4.98. The molecule has 0 aromatic carbocycles. The van der Waals surface area contributed by atoms with Crippen LogP contribution < -0.4 is 0 Å². The monoisotopic (exact) mass is 208 g/mol. The fourth-order valence-electron chi connectivity index (χ4n) is 2.58. The van der Waals surface area contributed by atoms with E-state index in [0.29, 0.717) is 0 Å². The quantitative estimate of drug-likeness (QED) is 0.737. The van der Waals surface area contributed by atoms with E-state index in [1.165, 1.54) is 0 Å². The first-order chi connectivity index (χ1) is 7.06. The van der Waals surface area contributed by atoms with E-state index < -0.39 is 5.97 Å². The van der Waals surface area contributed by atoms with Gasteiger partial charge in [-0.1, -0.05) is 0 Å². The first-order valence-corrected chi connectivity index (χ1v) is 5.44. The Labute approximate surface area is 89.5 Å². The van der Waals surface area contributed by atoms with Gasteiger partial charge >= 0.3 is 5.97 Å². The second kappa shape index (κ2) is 3.49. The van der Waals surface area contributed by atoms with Crippen molar-refractivity contribution in [3.05, 3.63) is 0 Å². The van der Waals surface area contributed by atoms with Crippen molar-refractivity contribution in [1.29, 1.82) is 5.26 Å². The summed E-state index contributed by atoms with van der Waals surface area (Å²) in [6.07, 6.45) is 2.63. The fraction of sp³-hybridized carbons (Fsp3) is 0.818. The lowest BCUT2D eigenvalue weighted by molar-refractivity contribution is -0.148. The highest BCUT2D eigenvalue weighted by molar-refractivity contribution is 5.72. The summed E-state index contributed by atoms with van der Waals surface area (Å²) in [6.45, 7) is 3.57. The van der Waals surface area contributed by atoms with Gasteiger partial charge in [-0.25, -0.2) is 0 Å². The van der Waals surface area contributed by atoms with Crippen LogP contribution in [0.25, 0.3) is 0 Å². The van der Waals surface area contributed by atoms with Crippen LogP contribution in [0.1, 0.15) is 26.2 Å². The van der Waals surface area contributed by atoms with Gasteiger partial charge in [-0.2, -0.15) is 5.26 Å². The summed E-state index contributed by atoms with van der Waals surface area (Å²) in [5, 5.41) is 18.0. The largest absolute Gasteiger partial charge is 0.481 e. The standard InChI is InChI=1S/C11H16N2O2/c1-11(6-12)4-5-13(7-11)9-3-2-8(9)10(14)15/h8-9H,2-5,7H2,1H3,(H,14,15). The molecule has 0 bridgehead atoms. The zero-order chi connectivity index (χ0) is 11.1. The summed E-state index contributed by atoms with van der Waals surface area (Å²) in [5.74, 6) is -0.886. The number of carboxylic acids is 1. The number of hydrogen-bond acceptors (Lipinski definition) is 3. The number of rotatable bonds is 2. The van der Waals surface area contributed by atoms with E-state index in [0.717, 1.165) is 32.4 Å². The van der Waals surface area contributed by atoms with Gasteiger partial charge in [0.1, 0.15) is 0 Å². The molecule has 15 heavy (non-hydrogen) atoms. The summed E-state index contributed by atoms with van der Waals surface area (Å²) in [6, 6.07) is 2.51. The van der Waals surface area contributed by atoms with E-state index in [-0.39, 0.29) is 17.4 Å². The van der Waals surface area contributed by atoms with Crippen molar-refractivity contribution in [2.75, 3.05) is 13.1 Å². The lowest BCUT2D eigenvalue weighted by Gasteiger charge is -2.40. The van der Waals surface area contributed by atoms with Gasteiger partial charge in [0.05, 0.1) is 17.4 Å². The van der Waals surface area contributed by atoms with Crippen molar-refractivity contribution in [3.63, 3.8) is 0 Å². The van der Waals surface area contributed by atoms with Crippen LogP contribution in [-0.4, -0.2) is 35.1 Å². The van der Waals surface area contributed by atoms with Gasteiger partial charge in [-0.3, -0.25) is 9.69 Å². The van der Waals surface area contributed by atoms with E-state index in [1.54, 1.807) is 0 Å². The molecule has 2 aliphatic rings. The van der Waals surface area contributed by atoms with E-state index in [1.807, 2.05) is 6.92 Å². The molecule has 0 aromatic rings. The maximum absolute atomic E-state index is 10.9. The molecule has 1 saturated heterocycles. The van der Waals surface area contributed by atoms with E-state index in [4.69, 9.17) is 10.4 Å². The maximum Gasteiger partial charge on any atom is 0.308 e. The fourth-order valence-corrected chi connectivity index (χ4v) is 2.58. The van der Waals surface area contributed by atoms with E-state index in [2.05, 4.69) is 11.0 Å². The molecule has 0 spiro atoms. The molecule has 0 amide bonds. The molecule has 1 aliphatic heterocycles. The highest BCUT2D eigenvalue weighted by Crippen LogP contribution is 2.38. The summed E-state index contributed by atoms with van der Waals surface area (Å²) in [5.41, 5.74) is -0.265. The lowest BCUT2D eigenvalue weighted by Crippen LogP contribution is -2.49. The molecule has 3 unspecified atom stereocenters. The van der Waals surface area contributed by atoms with Crippen LogP contribution in [0.15, 0.2) is 0 Å². The normalized spacial score (nSPS) is 40.8. The molecule has 4 nitrogen and oxygen atoms in total. The zero-order valence-electron chi connectivity index (χ0n) is 8.94. The SMILES string of the molecule is CC1(C#N)CCN(C2CCC2C(=O)O)C1. The van der Waals surface area contributed by atoms with Crippen LogP contribution in [0.4, 0.5) is 0 Å². The molecule has 1 saturated carbocycles. The van der Waals surface area contributed by atoms with E-state index in [9.17, 15) is 4.79 Å². The molecule has 3 atom stereocenters. The maximum atomic E-state index is 10.9. The minimum atomic E-state index is -0.684. The van der Waals surface area contributed by atoms with Crippen LogP contribution in [-0.2, 0) is 4.79 Å². The molecule has 2 rings (SSSR count). The Bertz CT molecular complexity index is 323. The Hall–Kier alpha value is -1.08. The number of carboxylic acid groups (broad SMARTS) is 1. The molecular formula is C11H16N2O2. The second-order valence-corrected chi connectivity index (χ2v) is 4.98. The summed E-state index contributed by atoms with van der Waals surface area (Å²) in [7, 11) is 0. The lowest BCUT2D eigenvalue weighted by atomic mass is 9.78. The Morgan fingerprint density at radius 2 is 2.33 bits per heavy atom. The molecule has 4 heteroatoms. The molecule has 0 aromatic heterocycles. The third kappa shape index (κ3) is 1.72. The Balaban J connectivity index is 1.98. The molecule has 1 N–H and O–H groups in total. The zero-order valence-corrected chi connectivity index (χ0v) is 8.94. The summed E-state index contributed by atoms with van der Waals surface area (Å²) in [4.78, 5) is 13.1. The Morgan fingerprint density at radius 1 is 1.60 bits per heavy atom. The average Bonchev–Trinajstić information content (AvgIpc) is 2.46. The van der Waals surface area contributed by atoms with Crippen LogP contribution in [0.2, 0.25) is 0 Å². The Kier molecular flexibility index (Phi) is 2.43. The third-order valence-electron chi connectivity index (χ3n) is 3.80. The number of nitrogens with zero attached hydrogens (tertiary/aromatic N) is 2. The van der Waals surface area contributed by atoms with Gasteiger partial charge in [0.15, 0.2) is 0 Å². The number of aliphatic carboxylic acids is 1. The number of hydrogen-bond donors (Lipinski definition) is 1. The van der Waals surface area contributed by atoms with Gasteiger partial charge in [-0.05, 0) is 26.2 Å². The summed E-state index contributed by atoms with van der Waals surface area (Å²) < 4.78 is 0. The molecule has 2 fully saturated rings. The van der Waals surface area contributed by atoms with Crippen molar-refractivity contribution in [3.8, 4) is 6.07 Å². The first-order valence-electron chi connectivity index (χ1n) is 5.44. The topological polar surface area (TPSA) is 64.3 Å². The van der Waals surface area contributed by atoms with Gasteiger partial charge in [0, 0.05) is 19.1 Å². The molecule has 1 heterocycles. The highest BCUT2D eigenvalue weighted by atomic mass is 16.4. The minimum Gasteiger partial charge on any atom is -0.481 e. The minimum absolute atomic E-state index is 0.178. The van der Waals surface area contributed by atoms with Crippen LogP contribution in [0.5, 0.6) is 0 Å². The predicted octanol–water partition coefficient (Wildman–Crippen LogP) is 1.09. The van der Waals surface area contributed by atoms with Gasteiger partial charge in [-0.15, -0.1) is 0 Å². The molecule has 0 radical (unpaired) electrons. The van der Waals surface area contributed by atoms with Crippen molar-refractivity contribution in [1.82, 2.24) is 4.90 Å². The summed E-state index contributed by atoms with van der Waals surface area (Å²) >= 11 is 0. The van der Waals surface area contributed by atoms with Crippen LogP contribution >= 0.6 is 0 Å². The number of likely N-dealkylation sites (tertiary alicyclic amines) is 1. The smallest absolute Gasteiger partial charge is 0.308 e. The molecule has 1 aliphatic carbocycles. The third-order valence-corrected chi connectivity index (χ3v) is 3.80. The Morgan fingerprint density at radius 3 is 2.73 bits per heavy atom. The van der Waals surface area contributed by atoms with Crippen molar-refractivity contribution < 1.29 is 9.90 Å². The van der Waals surface area contributed by atoms with Crippen LogP contribution in [0.3, 0.4) is 0 Å². The first kappa shape index (κ1) is 10.4. The van der Waals surface area contributed by atoms with Gasteiger partial charge < -0.3 is 5.11 Å². The van der Waals surface area contributed by atoms with Gasteiger partial charge in [0.2, 0.25) is 0 Å². The number of nitriles is 1. The highest BCUT2D eigenvalue weighted by Gasteiger charge is 2.45.